The summed E-state index contributed by atoms with van der Waals surface area (Å²) in [5.41, 5.74) is 4.07. The van der Waals surface area contributed by atoms with E-state index in [1.54, 1.807) is 32.2 Å². The molecule has 0 fully saturated rings. The first kappa shape index (κ1) is 23.5. The van der Waals surface area contributed by atoms with E-state index in [1.807, 2.05) is 24.3 Å². The summed E-state index contributed by atoms with van der Waals surface area (Å²) >= 11 is 0. The monoisotopic (exact) mass is 481 g/mol. The van der Waals surface area contributed by atoms with Crippen LogP contribution in [-0.2, 0) is 21.2 Å². The van der Waals surface area contributed by atoms with E-state index in [9.17, 15) is 17.6 Å². The molecule has 1 aromatic heterocycles. The lowest BCUT2D eigenvalue weighted by molar-refractivity contribution is -0.116. The number of aryl methyl sites for hydroxylation is 2. The highest BCUT2D eigenvalue weighted by molar-refractivity contribution is 7.89. The number of carbonyl (C=O) groups is 1. The molecule has 0 unspecified atom stereocenters. The number of hydrogen-bond acceptors (Lipinski definition) is 4. The van der Waals surface area contributed by atoms with Gasteiger partial charge in [0.15, 0.2) is 0 Å². The van der Waals surface area contributed by atoms with Crippen molar-refractivity contribution in [3.63, 3.8) is 0 Å². The van der Waals surface area contributed by atoms with Gasteiger partial charge in [-0.2, -0.15) is 0 Å². The summed E-state index contributed by atoms with van der Waals surface area (Å²) in [5, 5.41) is 8.67. The summed E-state index contributed by atoms with van der Waals surface area (Å²) in [5.74, 6) is 0.0353. The first-order chi connectivity index (χ1) is 16.2. The van der Waals surface area contributed by atoms with Crippen LogP contribution >= 0.6 is 0 Å². The van der Waals surface area contributed by atoms with Gasteiger partial charge in [-0.15, -0.1) is 0 Å². The summed E-state index contributed by atoms with van der Waals surface area (Å²) in [6.45, 7) is 1.63. The van der Waals surface area contributed by atoms with Crippen LogP contribution in [-0.4, -0.2) is 26.4 Å². The largest absolute Gasteiger partial charge is 0.497 e. The summed E-state index contributed by atoms with van der Waals surface area (Å²) in [6.07, 6.45) is 0.440. The van der Waals surface area contributed by atoms with E-state index in [1.165, 1.54) is 18.2 Å². The lowest BCUT2D eigenvalue weighted by atomic mass is 10.0. The third kappa shape index (κ3) is 4.95. The van der Waals surface area contributed by atoms with Gasteiger partial charge in [0.25, 0.3) is 0 Å². The molecule has 176 valence electrons. The Morgan fingerprint density at radius 1 is 1.09 bits per heavy atom. The lowest BCUT2D eigenvalue weighted by Crippen LogP contribution is -2.16. The predicted octanol–water partition coefficient (Wildman–Crippen LogP) is 4.51. The molecule has 7 nitrogen and oxygen atoms in total. The van der Waals surface area contributed by atoms with Crippen LogP contribution in [0, 0.1) is 12.7 Å². The number of benzene rings is 3. The Balaban J connectivity index is 1.60. The first-order valence-electron chi connectivity index (χ1n) is 10.5. The summed E-state index contributed by atoms with van der Waals surface area (Å²) in [4.78, 5) is 16.0. The highest BCUT2D eigenvalue weighted by Crippen LogP contribution is 2.33. The zero-order valence-electron chi connectivity index (χ0n) is 18.7. The third-order valence-electron chi connectivity index (χ3n) is 5.63. The van der Waals surface area contributed by atoms with Crippen molar-refractivity contribution in [2.75, 3.05) is 12.4 Å². The molecule has 34 heavy (non-hydrogen) atoms. The number of halogens is 1. The molecular weight excluding hydrogens is 457 g/mol. The number of aromatic nitrogens is 1. The van der Waals surface area contributed by atoms with Crippen LogP contribution in [0.1, 0.15) is 17.5 Å². The molecule has 3 aromatic carbocycles. The molecule has 4 aromatic rings. The number of sulfonamides is 1. The van der Waals surface area contributed by atoms with Gasteiger partial charge < -0.3 is 15.0 Å². The maximum atomic E-state index is 14.0. The maximum Gasteiger partial charge on any atom is 0.238 e. The number of primary sulfonamides is 1. The van der Waals surface area contributed by atoms with Crippen molar-refractivity contribution in [2.45, 2.75) is 24.7 Å². The van der Waals surface area contributed by atoms with Crippen LogP contribution in [0.2, 0.25) is 0 Å². The molecule has 4 rings (SSSR count). The Kier molecular flexibility index (Phi) is 6.41. The Hall–Kier alpha value is -3.69. The van der Waals surface area contributed by atoms with Crippen LogP contribution in [0.15, 0.2) is 65.6 Å². The predicted molar refractivity (Wildman–Crippen MR) is 130 cm³/mol. The Bertz CT molecular complexity index is 1480. The molecule has 1 amide bonds. The summed E-state index contributed by atoms with van der Waals surface area (Å²) in [6, 6.07) is 16.5. The molecule has 0 bridgehead atoms. The molecule has 1 heterocycles. The van der Waals surface area contributed by atoms with Crippen molar-refractivity contribution in [1.82, 2.24) is 4.98 Å². The molecule has 0 aliphatic rings. The molecule has 4 N–H and O–H groups in total. The molecule has 9 heteroatoms. The van der Waals surface area contributed by atoms with Gasteiger partial charge in [0.05, 0.1) is 12.0 Å². The smallest absolute Gasteiger partial charge is 0.238 e. The van der Waals surface area contributed by atoms with Crippen LogP contribution in [0.3, 0.4) is 0 Å². The van der Waals surface area contributed by atoms with E-state index in [0.717, 1.165) is 22.3 Å². The lowest BCUT2D eigenvalue weighted by Gasteiger charge is -2.10. The molecule has 0 spiro atoms. The Morgan fingerprint density at radius 2 is 1.82 bits per heavy atom. The Labute approximate surface area is 196 Å². The number of amides is 1. The van der Waals surface area contributed by atoms with Gasteiger partial charge in [-0.05, 0) is 84.6 Å². The van der Waals surface area contributed by atoms with Crippen LogP contribution < -0.4 is 15.2 Å². The van der Waals surface area contributed by atoms with Gasteiger partial charge >= 0.3 is 0 Å². The number of H-pyrrole nitrogens is 1. The van der Waals surface area contributed by atoms with E-state index in [-0.39, 0.29) is 23.0 Å². The van der Waals surface area contributed by atoms with Crippen molar-refractivity contribution in [3.05, 3.63) is 77.6 Å². The average molecular weight is 482 g/mol. The molecule has 0 saturated carbocycles. The minimum absolute atomic E-state index is 0.0424. The van der Waals surface area contributed by atoms with E-state index in [2.05, 4.69) is 10.3 Å². The second kappa shape index (κ2) is 9.28. The van der Waals surface area contributed by atoms with Crippen molar-refractivity contribution in [1.29, 1.82) is 0 Å². The number of fused-ring (bicyclic) bond motifs is 1. The van der Waals surface area contributed by atoms with Crippen LogP contribution in [0.4, 0.5) is 10.1 Å². The molecule has 0 radical (unpaired) electrons. The number of anilines is 1. The highest BCUT2D eigenvalue weighted by atomic mass is 32.2. The zero-order chi connectivity index (χ0) is 24.5. The van der Waals surface area contributed by atoms with Gasteiger partial charge in [-0.1, -0.05) is 6.07 Å². The van der Waals surface area contributed by atoms with Crippen LogP contribution in [0.25, 0.3) is 22.2 Å². The Morgan fingerprint density at radius 3 is 2.50 bits per heavy atom. The average Bonchev–Trinajstić information content (AvgIpc) is 3.16. The maximum absolute atomic E-state index is 14.0. The van der Waals surface area contributed by atoms with Crippen molar-refractivity contribution < 1.29 is 22.3 Å². The topological polar surface area (TPSA) is 114 Å². The fraction of sp³-hybridized carbons (Fsp3) is 0.160. The summed E-state index contributed by atoms with van der Waals surface area (Å²) < 4.78 is 42.8. The van der Waals surface area contributed by atoms with E-state index < -0.39 is 10.0 Å². The summed E-state index contributed by atoms with van der Waals surface area (Å²) in [7, 11) is -2.32. The zero-order valence-corrected chi connectivity index (χ0v) is 19.5. The standard InChI is InChI=1S/C25H24FN3O4S/c1-15-3-7-18(14-23(15)34(27,31)32)28-24(30)12-10-20-21-13-17(26)6-11-22(21)29-25(20)16-4-8-19(33-2)9-5-16/h3-9,11,13-14,29H,10,12H2,1-2H3,(H,28,30)(H2,27,31,32). The first-order valence-corrected chi connectivity index (χ1v) is 12.1. The van der Waals surface area contributed by atoms with E-state index in [0.29, 0.717) is 28.8 Å². The SMILES string of the molecule is COc1ccc(-c2[nH]c3ccc(F)cc3c2CCC(=O)Nc2ccc(C)c(S(N)(=O)=O)c2)cc1. The quantitative estimate of drug-likeness (QED) is 0.360. The fourth-order valence-corrected chi connectivity index (χ4v) is 4.74. The van der Waals surface area contributed by atoms with E-state index in [4.69, 9.17) is 9.88 Å². The van der Waals surface area contributed by atoms with Crippen molar-refractivity contribution >= 4 is 32.5 Å². The number of methoxy groups -OCH3 is 1. The van der Waals surface area contributed by atoms with Gasteiger partial charge in [0.2, 0.25) is 15.9 Å². The number of ether oxygens (including phenoxy) is 1. The third-order valence-corrected chi connectivity index (χ3v) is 6.68. The van der Waals surface area contributed by atoms with Crippen molar-refractivity contribution in [2.24, 2.45) is 5.14 Å². The normalized spacial score (nSPS) is 11.5. The fourth-order valence-electron chi connectivity index (χ4n) is 3.93. The molecule has 0 saturated heterocycles. The minimum Gasteiger partial charge on any atom is -0.497 e. The number of nitrogens with one attached hydrogen (secondary N) is 2. The van der Waals surface area contributed by atoms with E-state index >= 15 is 0 Å². The second-order valence-electron chi connectivity index (χ2n) is 7.97. The second-order valence-corrected chi connectivity index (χ2v) is 9.50. The van der Waals surface area contributed by atoms with Crippen LogP contribution in [0.5, 0.6) is 5.75 Å². The number of aromatic amines is 1. The number of rotatable bonds is 7. The number of nitrogens with two attached hydrogens (primary N) is 1. The van der Waals surface area contributed by atoms with Gasteiger partial charge in [0.1, 0.15) is 11.6 Å². The van der Waals surface area contributed by atoms with Gasteiger partial charge in [-0.25, -0.2) is 17.9 Å². The number of carbonyl (C=O) groups excluding carboxylic acids is 1. The molecular formula is C25H24FN3O4S. The minimum atomic E-state index is -3.91. The van der Waals surface area contributed by atoms with Crippen molar-refractivity contribution in [3.8, 4) is 17.0 Å². The molecule has 0 atom stereocenters. The van der Waals surface area contributed by atoms with Gasteiger partial charge in [0, 0.05) is 28.7 Å². The molecule has 0 aliphatic carbocycles. The molecule has 0 aliphatic heterocycles. The van der Waals surface area contributed by atoms with Gasteiger partial charge in [-0.3, -0.25) is 4.79 Å². The number of hydrogen-bond donors (Lipinski definition) is 3. The highest BCUT2D eigenvalue weighted by Gasteiger charge is 2.17.